The summed E-state index contributed by atoms with van der Waals surface area (Å²) in [6, 6.07) is 5.11. The minimum absolute atomic E-state index is 0.112. The average Bonchev–Trinajstić information content (AvgIpc) is 2.46. The van der Waals surface area contributed by atoms with Gasteiger partial charge in [-0.15, -0.1) is 0 Å². The number of rotatable bonds is 11. The third kappa shape index (κ3) is 7.85. The SMILES string of the molecule is COCCOCCNCC(O)COc1c(Cl)cccc1Cl. The summed E-state index contributed by atoms with van der Waals surface area (Å²) in [5.41, 5.74) is 0. The van der Waals surface area contributed by atoms with E-state index in [1.54, 1.807) is 25.3 Å². The summed E-state index contributed by atoms with van der Waals surface area (Å²) in [5, 5.41) is 13.7. The number of ether oxygens (including phenoxy) is 3. The van der Waals surface area contributed by atoms with Gasteiger partial charge < -0.3 is 24.6 Å². The molecule has 0 radical (unpaired) electrons. The minimum atomic E-state index is -0.656. The highest BCUT2D eigenvalue weighted by Crippen LogP contribution is 2.32. The van der Waals surface area contributed by atoms with Crippen LogP contribution in [0, 0.1) is 0 Å². The number of hydrogen-bond acceptors (Lipinski definition) is 5. The maximum Gasteiger partial charge on any atom is 0.156 e. The molecule has 1 rings (SSSR count). The van der Waals surface area contributed by atoms with Crippen LogP contribution in [0.5, 0.6) is 5.75 Å². The molecule has 0 saturated carbocycles. The van der Waals surface area contributed by atoms with E-state index in [0.29, 0.717) is 48.7 Å². The van der Waals surface area contributed by atoms with Crippen molar-refractivity contribution in [1.29, 1.82) is 0 Å². The third-order valence-electron chi connectivity index (χ3n) is 2.57. The van der Waals surface area contributed by atoms with E-state index in [9.17, 15) is 5.11 Å². The molecule has 1 aromatic carbocycles. The van der Waals surface area contributed by atoms with Gasteiger partial charge in [0.15, 0.2) is 5.75 Å². The van der Waals surface area contributed by atoms with Crippen molar-refractivity contribution in [2.75, 3.05) is 46.6 Å². The highest BCUT2D eigenvalue weighted by molar-refractivity contribution is 6.37. The fourth-order valence-corrected chi connectivity index (χ4v) is 2.02. The third-order valence-corrected chi connectivity index (χ3v) is 3.17. The van der Waals surface area contributed by atoms with Crippen LogP contribution in [0.25, 0.3) is 0 Å². The second-order valence-electron chi connectivity index (χ2n) is 4.32. The zero-order chi connectivity index (χ0) is 15.5. The number of aliphatic hydroxyl groups is 1. The number of benzene rings is 1. The fraction of sp³-hybridized carbons (Fsp3) is 0.571. The molecule has 0 bridgehead atoms. The van der Waals surface area contributed by atoms with Crippen molar-refractivity contribution < 1.29 is 19.3 Å². The highest BCUT2D eigenvalue weighted by atomic mass is 35.5. The molecule has 0 saturated heterocycles. The first kappa shape index (κ1) is 18.5. The van der Waals surface area contributed by atoms with E-state index in [4.69, 9.17) is 37.4 Å². The second-order valence-corrected chi connectivity index (χ2v) is 5.14. The fourth-order valence-electron chi connectivity index (χ4n) is 1.52. The number of nitrogens with one attached hydrogen (secondary N) is 1. The molecule has 1 unspecified atom stereocenters. The molecule has 0 heterocycles. The van der Waals surface area contributed by atoms with E-state index < -0.39 is 6.10 Å². The van der Waals surface area contributed by atoms with Gasteiger partial charge in [-0.05, 0) is 12.1 Å². The van der Waals surface area contributed by atoms with E-state index >= 15 is 0 Å². The number of para-hydroxylation sites is 1. The Morgan fingerprint density at radius 3 is 2.57 bits per heavy atom. The van der Waals surface area contributed by atoms with Crippen molar-refractivity contribution in [2.45, 2.75) is 6.10 Å². The molecule has 5 nitrogen and oxygen atoms in total. The van der Waals surface area contributed by atoms with Gasteiger partial charge in [0.05, 0.1) is 29.9 Å². The first-order valence-corrected chi connectivity index (χ1v) is 7.43. The van der Waals surface area contributed by atoms with Gasteiger partial charge in [0.1, 0.15) is 12.7 Å². The Morgan fingerprint density at radius 2 is 1.90 bits per heavy atom. The lowest BCUT2D eigenvalue weighted by Gasteiger charge is -2.15. The molecule has 0 amide bonds. The number of halogens is 2. The van der Waals surface area contributed by atoms with Gasteiger partial charge in [0.25, 0.3) is 0 Å². The molecular weight excluding hydrogens is 317 g/mol. The van der Waals surface area contributed by atoms with Crippen LogP contribution in [-0.2, 0) is 9.47 Å². The Labute approximate surface area is 135 Å². The molecule has 1 aromatic rings. The second kappa shape index (κ2) is 11.1. The Hall–Kier alpha value is -0.560. The monoisotopic (exact) mass is 337 g/mol. The van der Waals surface area contributed by atoms with Crippen molar-refractivity contribution in [3.05, 3.63) is 28.2 Å². The predicted molar refractivity (Wildman–Crippen MR) is 83.5 cm³/mol. The van der Waals surface area contributed by atoms with E-state index in [2.05, 4.69) is 5.32 Å². The van der Waals surface area contributed by atoms with Gasteiger partial charge in [0, 0.05) is 20.2 Å². The molecule has 0 aliphatic rings. The van der Waals surface area contributed by atoms with Crippen molar-refractivity contribution in [3.63, 3.8) is 0 Å². The van der Waals surface area contributed by atoms with Crippen LogP contribution in [0.4, 0.5) is 0 Å². The Morgan fingerprint density at radius 1 is 1.19 bits per heavy atom. The molecule has 21 heavy (non-hydrogen) atoms. The summed E-state index contributed by atoms with van der Waals surface area (Å²) in [7, 11) is 1.63. The van der Waals surface area contributed by atoms with Gasteiger partial charge in [-0.1, -0.05) is 29.3 Å². The van der Waals surface area contributed by atoms with Crippen LogP contribution in [0.15, 0.2) is 18.2 Å². The molecule has 0 spiro atoms. The maximum absolute atomic E-state index is 9.80. The first-order valence-electron chi connectivity index (χ1n) is 6.67. The van der Waals surface area contributed by atoms with Crippen molar-refractivity contribution in [2.24, 2.45) is 0 Å². The molecule has 7 heteroatoms. The molecular formula is C14H21Cl2NO4. The molecule has 0 aromatic heterocycles. The Bertz CT molecular complexity index is 386. The van der Waals surface area contributed by atoms with Gasteiger partial charge in [-0.25, -0.2) is 0 Å². The maximum atomic E-state index is 9.80. The zero-order valence-corrected chi connectivity index (χ0v) is 13.5. The lowest BCUT2D eigenvalue weighted by Crippen LogP contribution is -2.33. The number of aliphatic hydroxyl groups excluding tert-OH is 1. The van der Waals surface area contributed by atoms with Gasteiger partial charge in [0.2, 0.25) is 0 Å². The van der Waals surface area contributed by atoms with E-state index in [-0.39, 0.29) is 6.61 Å². The van der Waals surface area contributed by atoms with Crippen molar-refractivity contribution in [1.82, 2.24) is 5.32 Å². The topological polar surface area (TPSA) is 60.0 Å². The summed E-state index contributed by atoms with van der Waals surface area (Å²) in [6.07, 6.45) is -0.656. The standard InChI is InChI=1S/C14H21Cl2NO4/c1-19-7-8-20-6-5-17-9-11(18)10-21-14-12(15)3-2-4-13(14)16/h2-4,11,17-18H,5-10H2,1H3. The largest absolute Gasteiger partial charge is 0.488 e. The molecule has 0 aliphatic heterocycles. The average molecular weight is 338 g/mol. The van der Waals surface area contributed by atoms with Crippen LogP contribution in [0.2, 0.25) is 10.0 Å². The van der Waals surface area contributed by atoms with Gasteiger partial charge in [-0.3, -0.25) is 0 Å². The smallest absolute Gasteiger partial charge is 0.156 e. The first-order chi connectivity index (χ1) is 10.1. The summed E-state index contributed by atoms with van der Waals surface area (Å²) < 4.78 is 15.6. The molecule has 0 aliphatic carbocycles. The summed E-state index contributed by atoms with van der Waals surface area (Å²) in [4.78, 5) is 0. The predicted octanol–water partition coefficient (Wildman–Crippen LogP) is 1.99. The summed E-state index contributed by atoms with van der Waals surface area (Å²) in [5.74, 6) is 0.391. The van der Waals surface area contributed by atoms with Crippen LogP contribution in [0.1, 0.15) is 0 Å². The van der Waals surface area contributed by atoms with E-state index in [1.807, 2.05) is 0 Å². The molecule has 0 fully saturated rings. The quantitative estimate of drug-likeness (QED) is 0.604. The highest BCUT2D eigenvalue weighted by Gasteiger charge is 2.10. The number of hydrogen-bond donors (Lipinski definition) is 2. The zero-order valence-electron chi connectivity index (χ0n) is 12.0. The lowest BCUT2D eigenvalue weighted by molar-refractivity contribution is 0.0679. The van der Waals surface area contributed by atoms with Gasteiger partial charge in [-0.2, -0.15) is 0 Å². The van der Waals surface area contributed by atoms with Crippen molar-refractivity contribution in [3.8, 4) is 5.75 Å². The number of methoxy groups -OCH3 is 1. The normalized spacial score (nSPS) is 12.4. The van der Waals surface area contributed by atoms with Gasteiger partial charge >= 0.3 is 0 Å². The Kier molecular flexibility index (Phi) is 9.74. The molecule has 2 N–H and O–H groups in total. The van der Waals surface area contributed by atoms with Crippen LogP contribution in [-0.4, -0.2) is 57.8 Å². The van der Waals surface area contributed by atoms with Crippen LogP contribution >= 0.6 is 23.2 Å². The summed E-state index contributed by atoms with van der Waals surface area (Å²) in [6.45, 7) is 2.86. The summed E-state index contributed by atoms with van der Waals surface area (Å²) >= 11 is 11.9. The molecule has 120 valence electrons. The Balaban J connectivity index is 2.12. The van der Waals surface area contributed by atoms with E-state index in [1.165, 1.54) is 0 Å². The molecule has 1 atom stereocenters. The van der Waals surface area contributed by atoms with E-state index in [0.717, 1.165) is 0 Å². The van der Waals surface area contributed by atoms with Crippen LogP contribution in [0.3, 0.4) is 0 Å². The minimum Gasteiger partial charge on any atom is -0.488 e. The van der Waals surface area contributed by atoms with Crippen molar-refractivity contribution >= 4 is 23.2 Å². The van der Waals surface area contributed by atoms with Crippen LogP contribution < -0.4 is 10.1 Å². The lowest BCUT2D eigenvalue weighted by atomic mass is 10.3.